The summed E-state index contributed by atoms with van der Waals surface area (Å²) in [5.74, 6) is -0.688. The van der Waals surface area contributed by atoms with Gasteiger partial charge in [0.25, 0.3) is 0 Å². The highest BCUT2D eigenvalue weighted by molar-refractivity contribution is 6.15. The molecule has 2 aliphatic rings. The number of halogens is 2. The largest absolute Gasteiger partial charge is 0.421 e. The van der Waals surface area contributed by atoms with Gasteiger partial charge in [0.15, 0.2) is 23.0 Å². The maximum atomic E-state index is 15.2. The van der Waals surface area contributed by atoms with Crippen LogP contribution in [0.25, 0.3) is 27.6 Å². The van der Waals surface area contributed by atoms with Crippen LogP contribution in [-0.2, 0) is 0 Å². The SMILES string of the molecule is CNc1cc(F)c(F)c2c1[nH]c1nc(Oc3cnc4ccnn4c3)nc(N3C[C@H]4C[C@@H]3C[C@@H]4N)c12. The van der Waals surface area contributed by atoms with E-state index in [2.05, 4.69) is 30.3 Å². The molecule has 2 bridgehead atoms. The number of piperidine rings is 1. The highest BCUT2D eigenvalue weighted by Gasteiger charge is 2.44. The van der Waals surface area contributed by atoms with Gasteiger partial charge in [-0.05, 0) is 18.8 Å². The molecule has 1 saturated heterocycles. The average Bonchev–Trinajstić information content (AvgIpc) is 3.62. The molecule has 3 atom stereocenters. The Labute approximate surface area is 197 Å². The summed E-state index contributed by atoms with van der Waals surface area (Å²) in [6, 6.07) is 3.25. The highest BCUT2D eigenvalue weighted by Crippen LogP contribution is 2.44. The molecule has 5 aromatic rings. The van der Waals surface area contributed by atoms with Crippen molar-refractivity contribution < 1.29 is 13.5 Å². The first-order valence-electron chi connectivity index (χ1n) is 11.4. The third-order valence-corrected chi connectivity index (χ3v) is 7.15. The zero-order valence-corrected chi connectivity index (χ0v) is 18.7. The lowest BCUT2D eigenvalue weighted by Crippen LogP contribution is -2.41. The van der Waals surface area contributed by atoms with Crippen LogP contribution in [-0.4, -0.2) is 55.2 Å². The molecule has 178 valence electrons. The van der Waals surface area contributed by atoms with Crippen molar-refractivity contribution in [1.82, 2.24) is 29.5 Å². The second-order valence-corrected chi connectivity index (χ2v) is 9.13. The van der Waals surface area contributed by atoms with Crippen LogP contribution in [0.5, 0.6) is 11.8 Å². The van der Waals surface area contributed by atoms with E-state index in [9.17, 15) is 4.39 Å². The molecule has 0 spiro atoms. The lowest BCUT2D eigenvalue weighted by atomic mass is 10.0. The smallest absolute Gasteiger partial charge is 0.326 e. The summed E-state index contributed by atoms with van der Waals surface area (Å²) in [5.41, 5.74) is 8.12. The minimum absolute atomic E-state index is 0.0614. The van der Waals surface area contributed by atoms with E-state index in [1.165, 1.54) is 0 Å². The predicted molar refractivity (Wildman–Crippen MR) is 126 cm³/mol. The Balaban J connectivity index is 1.44. The molecule has 1 saturated carbocycles. The van der Waals surface area contributed by atoms with Crippen LogP contribution in [0.4, 0.5) is 20.3 Å². The molecule has 1 aromatic carbocycles. The van der Waals surface area contributed by atoms with Gasteiger partial charge in [0.1, 0.15) is 11.5 Å². The Bertz CT molecular complexity index is 1630. The molecule has 0 amide bonds. The summed E-state index contributed by atoms with van der Waals surface area (Å²) in [5, 5.41) is 7.63. The number of aromatic amines is 1. The van der Waals surface area contributed by atoms with Gasteiger partial charge in [-0.3, -0.25) is 0 Å². The fraction of sp³-hybridized carbons (Fsp3) is 0.304. The summed E-state index contributed by atoms with van der Waals surface area (Å²) < 4.78 is 37.3. The summed E-state index contributed by atoms with van der Waals surface area (Å²) in [4.78, 5) is 18.8. The van der Waals surface area contributed by atoms with E-state index >= 15 is 4.39 Å². The number of fused-ring (bicyclic) bond motifs is 6. The Morgan fingerprint density at radius 2 is 2.11 bits per heavy atom. The quantitative estimate of drug-likeness (QED) is 0.361. The number of anilines is 2. The number of aromatic nitrogens is 6. The minimum atomic E-state index is -0.947. The van der Waals surface area contributed by atoms with Gasteiger partial charge in [-0.1, -0.05) is 0 Å². The fourth-order valence-electron chi connectivity index (χ4n) is 5.51. The fourth-order valence-corrected chi connectivity index (χ4v) is 5.51. The summed E-state index contributed by atoms with van der Waals surface area (Å²) in [7, 11) is 1.65. The van der Waals surface area contributed by atoms with Crippen molar-refractivity contribution in [2.45, 2.75) is 24.9 Å². The molecule has 4 N–H and O–H groups in total. The van der Waals surface area contributed by atoms with Crippen LogP contribution < -0.4 is 20.7 Å². The molecule has 10 nitrogen and oxygen atoms in total. The number of nitrogens with one attached hydrogen (secondary N) is 2. The van der Waals surface area contributed by atoms with Crippen molar-refractivity contribution in [2.24, 2.45) is 11.7 Å². The van der Waals surface area contributed by atoms with E-state index in [1.54, 1.807) is 36.2 Å². The van der Waals surface area contributed by atoms with Crippen LogP contribution in [0.1, 0.15) is 12.8 Å². The van der Waals surface area contributed by atoms with Crippen LogP contribution >= 0.6 is 0 Å². The topological polar surface area (TPSA) is 122 Å². The Morgan fingerprint density at radius 3 is 2.89 bits per heavy atom. The predicted octanol–water partition coefficient (Wildman–Crippen LogP) is 3.19. The molecule has 1 aliphatic carbocycles. The minimum Gasteiger partial charge on any atom is -0.421 e. The first kappa shape index (κ1) is 20.3. The molecular weight excluding hydrogens is 456 g/mol. The molecule has 12 heteroatoms. The molecule has 35 heavy (non-hydrogen) atoms. The van der Waals surface area contributed by atoms with E-state index in [0.29, 0.717) is 51.9 Å². The number of hydrogen-bond donors (Lipinski definition) is 3. The Morgan fingerprint density at radius 1 is 1.23 bits per heavy atom. The molecule has 5 heterocycles. The molecule has 2 fully saturated rings. The maximum absolute atomic E-state index is 15.2. The third kappa shape index (κ3) is 2.95. The van der Waals surface area contributed by atoms with Crippen molar-refractivity contribution in [3.05, 3.63) is 42.4 Å². The zero-order chi connectivity index (χ0) is 23.8. The van der Waals surface area contributed by atoms with Gasteiger partial charge in [-0.15, -0.1) is 0 Å². The number of rotatable bonds is 4. The standard InChI is InChI=1S/C23H21F2N9O/c1-27-15-6-13(24)19(25)17-18-21(30-20(15)17)31-23(35-12-7-28-16-2-3-29-34(16)9-12)32-22(18)33-8-10-4-11(33)5-14(10)26/h2-3,6-7,9-11,14,27H,4-5,8,26H2,1H3,(H,30,31,32)/t10-,11-,14+/m1/s1. The number of benzene rings is 1. The molecular formula is C23H21F2N9O. The average molecular weight is 477 g/mol. The molecule has 4 aromatic heterocycles. The summed E-state index contributed by atoms with van der Waals surface area (Å²) in [6.45, 7) is 0.681. The number of nitrogens with two attached hydrogens (primary N) is 1. The van der Waals surface area contributed by atoms with Crippen molar-refractivity contribution >= 4 is 39.1 Å². The second-order valence-electron chi connectivity index (χ2n) is 9.13. The van der Waals surface area contributed by atoms with E-state index in [1.807, 2.05) is 0 Å². The summed E-state index contributed by atoms with van der Waals surface area (Å²) in [6.07, 6.45) is 6.61. The second kappa shape index (κ2) is 7.22. The van der Waals surface area contributed by atoms with E-state index in [4.69, 9.17) is 15.5 Å². The first-order valence-corrected chi connectivity index (χ1v) is 11.4. The van der Waals surface area contributed by atoms with E-state index < -0.39 is 11.6 Å². The number of nitrogens with zero attached hydrogens (tertiary/aromatic N) is 6. The maximum Gasteiger partial charge on any atom is 0.326 e. The van der Waals surface area contributed by atoms with Gasteiger partial charge >= 0.3 is 6.01 Å². The first-order chi connectivity index (χ1) is 17.0. The van der Waals surface area contributed by atoms with Gasteiger partial charge in [-0.25, -0.2) is 18.3 Å². The van der Waals surface area contributed by atoms with Crippen molar-refractivity contribution in [1.29, 1.82) is 0 Å². The van der Waals surface area contributed by atoms with Crippen LogP contribution in [0.2, 0.25) is 0 Å². The van der Waals surface area contributed by atoms with Gasteiger partial charge in [0.05, 0.1) is 40.6 Å². The van der Waals surface area contributed by atoms with Crippen LogP contribution in [0.15, 0.2) is 30.7 Å². The van der Waals surface area contributed by atoms with Crippen molar-refractivity contribution in [3.63, 3.8) is 0 Å². The molecule has 1 aliphatic heterocycles. The number of hydrogen-bond acceptors (Lipinski definition) is 8. The zero-order valence-electron chi connectivity index (χ0n) is 18.7. The van der Waals surface area contributed by atoms with E-state index in [0.717, 1.165) is 18.9 Å². The van der Waals surface area contributed by atoms with Gasteiger partial charge in [0, 0.05) is 37.8 Å². The lowest BCUT2D eigenvalue weighted by molar-refractivity contribution is 0.435. The van der Waals surface area contributed by atoms with Gasteiger partial charge in [0.2, 0.25) is 0 Å². The molecule has 0 unspecified atom stereocenters. The monoisotopic (exact) mass is 477 g/mol. The normalized spacial score (nSPS) is 21.6. The lowest BCUT2D eigenvalue weighted by Gasteiger charge is -2.31. The molecule has 7 rings (SSSR count). The number of H-pyrrole nitrogens is 1. The van der Waals surface area contributed by atoms with Gasteiger partial charge < -0.3 is 25.7 Å². The Kier molecular flexibility index (Phi) is 4.19. The van der Waals surface area contributed by atoms with Gasteiger partial charge in [-0.2, -0.15) is 15.1 Å². The van der Waals surface area contributed by atoms with Crippen molar-refractivity contribution in [2.75, 3.05) is 23.8 Å². The van der Waals surface area contributed by atoms with Crippen LogP contribution in [0.3, 0.4) is 0 Å². The number of ether oxygens (including phenoxy) is 1. The summed E-state index contributed by atoms with van der Waals surface area (Å²) >= 11 is 0. The molecule has 0 radical (unpaired) electrons. The highest BCUT2D eigenvalue weighted by atomic mass is 19.2. The van der Waals surface area contributed by atoms with Crippen molar-refractivity contribution in [3.8, 4) is 11.8 Å². The Hall–Kier alpha value is -4.06. The van der Waals surface area contributed by atoms with E-state index in [-0.39, 0.29) is 23.5 Å². The van der Waals surface area contributed by atoms with Crippen LogP contribution in [0, 0.1) is 17.6 Å². The third-order valence-electron chi connectivity index (χ3n) is 7.15.